The molecule has 0 amide bonds. The van der Waals surface area contributed by atoms with E-state index in [-0.39, 0.29) is 5.92 Å². The van der Waals surface area contributed by atoms with E-state index in [1.807, 2.05) is 48.7 Å². The van der Waals surface area contributed by atoms with Gasteiger partial charge in [-0.2, -0.15) is 9.41 Å². The molecule has 0 spiro atoms. The number of rotatable bonds is 7. The van der Waals surface area contributed by atoms with Gasteiger partial charge in [0.15, 0.2) is 6.20 Å². The highest BCUT2D eigenvalue weighted by molar-refractivity contribution is 6.31. The highest BCUT2D eigenvalue weighted by Crippen LogP contribution is 2.41. The molecule has 6 rings (SSSR count). The van der Waals surface area contributed by atoms with Crippen LogP contribution in [0.2, 0.25) is 5.02 Å². The average molecular weight is 507 g/mol. The molecule has 0 saturated heterocycles. The Balaban J connectivity index is 1.31. The number of nitrogens with zero attached hydrogens (tertiary/aromatic N) is 6. The van der Waals surface area contributed by atoms with Crippen molar-refractivity contribution in [1.29, 1.82) is 0 Å². The van der Waals surface area contributed by atoms with E-state index >= 15 is 0 Å². The summed E-state index contributed by atoms with van der Waals surface area (Å²) in [5.74, 6) is 3.27. The number of halogens is 1. The van der Waals surface area contributed by atoms with E-state index in [4.69, 9.17) is 23.0 Å². The summed E-state index contributed by atoms with van der Waals surface area (Å²) in [6.07, 6.45) is 14.6. The second-order valence-corrected chi connectivity index (χ2v) is 9.93. The number of pyridine rings is 1. The summed E-state index contributed by atoms with van der Waals surface area (Å²) in [6.45, 7) is 0. The standard InChI is InChI=1S/C29H23ClN6O/c1-2-19-4-3-5-21(12-19)23-14-27(31-16-23)26(13-20-6-7-20)29-10-8-22(17-36(29)37)25-15-24(30)9-11-28(25)35-18-32-33-34-35/h1,3-5,8-12,15-18,20,26H,6-7,13-14H2. The minimum atomic E-state index is -0.0537. The quantitative estimate of drug-likeness (QED) is 0.192. The number of allylic oxidation sites excluding steroid dienone is 1. The first-order valence-electron chi connectivity index (χ1n) is 12.2. The second kappa shape index (κ2) is 9.64. The lowest BCUT2D eigenvalue weighted by Gasteiger charge is -2.18. The summed E-state index contributed by atoms with van der Waals surface area (Å²) >= 11 is 6.30. The van der Waals surface area contributed by atoms with E-state index in [9.17, 15) is 5.21 Å². The lowest BCUT2D eigenvalue weighted by atomic mass is 9.88. The van der Waals surface area contributed by atoms with E-state index in [1.165, 1.54) is 19.2 Å². The molecule has 182 valence electrons. The van der Waals surface area contributed by atoms with E-state index in [2.05, 4.69) is 27.5 Å². The second-order valence-electron chi connectivity index (χ2n) is 9.49. The zero-order valence-corrected chi connectivity index (χ0v) is 20.7. The Morgan fingerprint density at radius 1 is 1.14 bits per heavy atom. The smallest absolute Gasteiger partial charge is 0.201 e. The summed E-state index contributed by atoms with van der Waals surface area (Å²) in [7, 11) is 0. The number of aromatic nitrogens is 5. The Kier molecular flexibility index (Phi) is 6.03. The van der Waals surface area contributed by atoms with Gasteiger partial charge in [0.2, 0.25) is 5.69 Å². The predicted molar refractivity (Wildman–Crippen MR) is 143 cm³/mol. The van der Waals surface area contributed by atoms with Gasteiger partial charge in [-0.1, -0.05) is 42.5 Å². The van der Waals surface area contributed by atoms with Crippen LogP contribution in [0.4, 0.5) is 0 Å². The van der Waals surface area contributed by atoms with Crippen LogP contribution < -0.4 is 4.73 Å². The fourth-order valence-corrected chi connectivity index (χ4v) is 5.06. The minimum Gasteiger partial charge on any atom is -0.618 e. The van der Waals surface area contributed by atoms with Crippen molar-refractivity contribution in [2.24, 2.45) is 10.9 Å². The molecule has 2 aromatic heterocycles. The van der Waals surface area contributed by atoms with Crippen LogP contribution in [-0.2, 0) is 0 Å². The van der Waals surface area contributed by atoms with Gasteiger partial charge in [-0.25, -0.2) is 0 Å². The first kappa shape index (κ1) is 23.1. The van der Waals surface area contributed by atoms with Crippen molar-refractivity contribution in [2.45, 2.75) is 31.6 Å². The molecule has 1 aliphatic carbocycles. The average Bonchev–Trinajstić information content (AvgIpc) is 3.36. The highest BCUT2D eigenvalue weighted by Gasteiger charge is 2.34. The summed E-state index contributed by atoms with van der Waals surface area (Å²) < 4.78 is 2.53. The minimum absolute atomic E-state index is 0.0537. The van der Waals surface area contributed by atoms with E-state index in [0.717, 1.165) is 50.4 Å². The van der Waals surface area contributed by atoms with Gasteiger partial charge in [0.1, 0.15) is 6.33 Å². The van der Waals surface area contributed by atoms with Crippen molar-refractivity contribution in [1.82, 2.24) is 20.2 Å². The van der Waals surface area contributed by atoms with Crippen LogP contribution in [0.3, 0.4) is 0 Å². The van der Waals surface area contributed by atoms with Gasteiger partial charge in [0.25, 0.3) is 0 Å². The highest BCUT2D eigenvalue weighted by atomic mass is 35.5. The Labute approximate surface area is 219 Å². The molecule has 2 aliphatic rings. The van der Waals surface area contributed by atoms with Crippen molar-refractivity contribution in [2.75, 3.05) is 0 Å². The molecular formula is C29H23ClN6O. The first-order valence-corrected chi connectivity index (χ1v) is 12.6. The molecular weight excluding hydrogens is 484 g/mol. The summed E-state index contributed by atoms with van der Waals surface area (Å²) in [5, 5.41) is 25.5. The van der Waals surface area contributed by atoms with Gasteiger partial charge in [-0.15, -0.1) is 11.5 Å². The third kappa shape index (κ3) is 4.76. The zero-order chi connectivity index (χ0) is 25.4. The molecule has 1 unspecified atom stereocenters. The Bertz CT molecular complexity index is 1580. The predicted octanol–water partition coefficient (Wildman–Crippen LogP) is 5.37. The zero-order valence-electron chi connectivity index (χ0n) is 20.0. The maximum absolute atomic E-state index is 13.5. The van der Waals surface area contributed by atoms with Crippen LogP contribution in [0.5, 0.6) is 0 Å². The van der Waals surface area contributed by atoms with Crippen LogP contribution in [0.1, 0.15) is 48.4 Å². The molecule has 0 bridgehead atoms. The molecule has 1 saturated carbocycles. The summed E-state index contributed by atoms with van der Waals surface area (Å²) in [6, 6.07) is 17.3. The molecule has 3 heterocycles. The molecule has 7 nitrogen and oxygen atoms in total. The van der Waals surface area contributed by atoms with E-state index in [1.54, 1.807) is 16.9 Å². The largest absolute Gasteiger partial charge is 0.618 e. The third-order valence-corrected chi connectivity index (χ3v) is 7.23. The molecule has 1 fully saturated rings. The molecule has 37 heavy (non-hydrogen) atoms. The van der Waals surface area contributed by atoms with Crippen LogP contribution >= 0.6 is 11.6 Å². The van der Waals surface area contributed by atoms with Gasteiger partial charge >= 0.3 is 0 Å². The van der Waals surface area contributed by atoms with Crippen molar-refractivity contribution >= 4 is 22.9 Å². The van der Waals surface area contributed by atoms with Gasteiger partial charge in [-0.05, 0) is 70.3 Å². The monoisotopic (exact) mass is 506 g/mol. The van der Waals surface area contributed by atoms with Gasteiger partial charge in [-0.3, -0.25) is 4.99 Å². The molecule has 4 aromatic rings. The van der Waals surface area contributed by atoms with Crippen molar-refractivity contribution in [3.8, 4) is 29.2 Å². The number of aliphatic imine (C=N–C) groups is 1. The van der Waals surface area contributed by atoms with Crippen LogP contribution in [-0.4, -0.2) is 25.9 Å². The fourth-order valence-electron chi connectivity index (χ4n) is 4.89. The maximum atomic E-state index is 13.5. The van der Waals surface area contributed by atoms with Gasteiger partial charge in [0.05, 0.1) is 11.6 Å². The molecule has 8 heteroatoms. The Morgan fingerprint density at radius 3 is 2.78 bits per heavy atom. The molecule has 1 atom stereocenters. The first-order chi connectivity index (χ1) is 18.1. The molecule has 2 aromatic carbocycles. The SMILES string of the molecule is C#Cc1cccc(C2=CN=C(C(CC3CC3)c3ccc(-c4cc(Cl)ccc4-n4cnnn4)c[n+]3[O-])C2)c1. The topological polar surface area (TPSA) is 82.9 Å². The van der Waals surface area contributed by atoms with E-state index < -0.39 is 0 Å². The van der Waals surface area contributed by atoms with Crippen LogP contribution in [0, 0.1) is 23.5 Å². The third-order valence-electron chi connectivity index (χ3n) is 6.99. The lowest BCUT2D eigenvalue weighted by Crippen LogP contribution is -2.35. The van der Waals surface area contributed by atoms with Crippen LogP contribution in [0.25, 0.3) is 22.4 Å². The molecule has 0 N–H and O–H groups in total. The Hall–Kier alpha value is -4.28. The normalized spacial score (nSPS) is 15.7. The lowest BCUT2D eigenvalue weighted by molar-refractivity contribution is -0.614. The number of benzene rings is 2. The fraction of sp³-hybridized carbons (Fsp3) is 0.207. The number of hydrogen-bond donors (Lipinski definition) is 0. The van der Waals surface area contributed by atoms with Crippen LogP contribution in [0.15, 0.2) is 78.3 Å². The van der Waals surface area contributed by atoms with Crippen molar-refractivity contribution in [3.63, 3.8) is 0 Å². The van der Waals surface area contributed by atoms with Crippen molar-refractivity contribution in [3.05, 3.63) is 100 Å². The van der Waals surface area contributed by atoms with E-state index in [0.29, 0.717) is 23.1 Å². The molecule has 1 aliphatic heterocycles. The summed E-state index contributed by atoms with van der Waals surface area (Å²) in [4.78, 5) is 4.80. The summed E-state index contributed by atoms with van der Waals surface area (Å²) in [5.41, 5.74) is 6.99. The van der Waals surface area contributed by atoms with Crippen molar-refractivity contribution < 1.29 is 4.73 Å². The number of tetrazole rings is 1. The molecule has 0 radical (unpaired) electrons. The number of hydrogen-bond acceptors (Lipinski definition) is 5. The number of terminal acetylenes is 1. The Morgan fingerprint density at radius 2 is 2.03 bits per heavy atom. The van der Waals surface area contributed by atoms with Gasteiger partial charge in [0, 0.05) is 46.1 Å². The maximum Gasteiger partial charge on any atom is 0.201 e. The van der Waals surface area contributed by atoms with Gasteiger partial charge < -0.3 is 5.21 Å².